The number of aromatic nitrogens is 2. The van der Waals surface area contributed by atoms with Crippen LogP contribution in [0.25, 0.3) is 126 Å². The highest BCUT2D eigenvalue weighted by Crippen LogP contribution is 2.64. The van der Waals surface area contributed by atoms with Gasteiger partial charge in [-0.15, -0.1) is 0 Å². The molecule has 4 heterocycles. The maximum atomic E-state index is 6.43. The van der Waals surface area contributed by atoms with Crippen molar-refractivity contribution in [1.82, 2.24) is 9.55 Å². The van der Waals surface area contributed by atoms with Crippen LogP contribution in [0.4, 0.5) is 0 Å². The van der Waals surface area contributed by atoms with Gasteiger partial charge in [0.1, 0.15) is 22.3 Å². The van der Waals surface area contributed by atoms with Gasteiger partial charge in [-0.05, 0) is 138 Å². The lowest BCUT2D eigenvalue weighted by Crippen LogP contribution is -2.26. The van der Waals surface area contributed by atoms with Gasteiger partial charge in [0.2, 0.25) is 0 Å². The molecule has 10 aromatic carbocycles. The quantitative estimate of drug-likeness (QED) is 0.163. The summed E-state index contributed by atoms with van der Waals surface area (Å²) in [5.41, 5.74) is 20.1. The standard InChI is InChI=1S/C60H32N2O2/c1-4-17-46-37(11-1)38-12-2-5-18-47(38)60(46)48-19-7-14-35(33-24-26-36-40-15-8-22-53-57(40)58-41(43(36)29-33)16-9-23-54(58)64-53)56(48)42-27-25-34(30-49(42)60)62-50-20-10-28-61-59(50)45-32-55-44(31-51(45)62)39-13-3-6-21-52(39)63-55/h1-32H. The fourth-order valence-corrected chi connectivity index (χ4v) is 12.4. The number of para-hydroxylation sites is 1. The molecule has 0 atom stereocenters. The Kier molecular flexibility index (Phi) is 5.97. The molecule has 16 rings (SSSR count). The van der Waals surface area contributed by atoms with E-state index in [0.717, 1.165) is 60.7 Å². The number of furan rings is 2. The summed E-state index contributed by atoms with van der Waals surface area (Å²) in [6, 6.07) is 69.4. The van der Waals surface area contributed by atoms with Crippen molar-refractivity contribution in [3.63, 3.8) is 0 Å². The first-order chi connectivity index (χ1) is 31.7. The van der Waals surface area contributed by atoms with Crippen LogP contribution in [0, 0.1) is 0 Å². The van der Waals surface area contributed by atoms with E-state index in [1.807, 2.05) is 24.4 Å². The molecule has 0 fully saturated rings. The van der Waals surface area contributed by atoms with Crippen molar-refractivity contribution in [2.75, 3.05) is 0 Å². The Labute approximate surface area is 365 Å². The van der Waals surface area contributed by atoms with E-state index in [4.69, 9.17) is 13.8 Å². The minimum Gasteiger partial charge on any atom is -0.456 e. The molecule has 2 aliphatic carbocycles. The van der Waals surface area contributed by atoms with Gasteiger partial charge in [0.15, 0.2) is 0 Å². The SMILES string of the molecule is c1ccc2c(c1)-c1ccccc1C21c2cc(-n3c4cc5c(cc4c4ncccc43)oc3ccccc35)ccc2-c2c(-c3ccc4c(c3)c3cccc5oc6cccc4c6c53)cccc21. The van der Waals surface area contributed by atoms with Crippen LogP contribution in [0.3, 0.4) is 0 Å². The average Bonchev–Trinajstić information content (AvgIpc) is 4.14. The molecule has 0 bridgehead atoms. The molecule has 4 nitrogen and oxygen atoms in total. The monoisotopic (exact) mass is 812 g/mol. The van der Waals surface area contributed by atoms with Crippen molar-refractivity contribution in [2.24, 2.45) is 0 Å². The van der Waals surface area contributed by atoms with Crippen LogP contribution in [0.15, 0.2) is 203 Å². The van der Waals surface area contributed by atoms with E-state index in [1.165, 1.54) is 88.0 Å². The predicted octanol–water partition coefficient (Wildman–Crippen LogP) is 15.7. The van der Waals surface area contributed by atoms with E-state index in [2.05, 4.69) is 174 Å². The Hall–Kier alpha value is -8.47. The fraction of sp³-hybridized carbons (Fsp3) is 0.0167. The third-order valence-corrected chi connectivity index (χ3v) is 14.8. The zero-order valence-corrected chi connectivity index (χ0v) is 34.2. The molecular formula is C60H32N2O2. The summed E-state index contributed by atoms with van der Waals surface area (Å²) in [4.78, 5) is 4.99. The molecule has 2 aliphatic rings. The van der Waals surface area contributed by atoms with E-state index >= 15 is 0 Å². The predicted molar refractivity (Wildman–Crippen MR) is 261 cm³/mol. The van der Waals surface area contributed by atoms with E-state index in [0.29, 0.717) is 0 Å². The molecule has 64 heavy (non-hydrogen) atoms. The first-order valence-corrected chi connectivity index (χ1v) is 22.0. The molecule has 0 amide bonds. The second-order valence-electron chi connectivity index (χ2n) is 17.7. The number of nitrogens with zero attached hydrogens (tertiary/aromatic N) is 2. The molecule has 294 valence electrons. The third-order valence-electron chi connectivity index (χ3n) is 14.8. The van der Waals surface area contributed by atoms with Gasteiger partial charge in [-0.3, -0.25) is 4.98 Å². The van der Waals surface area contributed by atoms with E-state index < -0.39 is 5.41 Å². The maximum absolute atomic E-state index is 6.43. The van der Waals surface area contributed by atoms with Crippen LogP contribution in [0.5, 0.6) is 0 Å². The Morgan fingerprint density at radius 2 is 1.05 bits per heavy atom. The van der Waals surface area contributed by atoms with Crippen molar-refractivity contribution >= 4 is 87.4 Å². The van der Waals surface area contributed by atoms with Gasteiger partial charge in [0, 0.05) is 38.8 Å². The molecule has 0 radical (unpaired) electrons. The van der Waals surface area contributed by atoms with Crippen LogP contribution in [-0.4, -0.2) is 9.55 Å². The fourth-order valence-electron chi connectivity index (χ4n) is 12.4. The second kappa shape index (κ2) is 11.5. The van der Waals surface area contributed by atoms with Gasteiger partial charge in [0.05, 0.1) is 22.0 Å². The van der Waals surface area contributed by atoms with Crippen molar-refractivity contribution in [3.8, 4) is 39.1 Å². The Balaban J connectivity index is 1.01. The lowest BCUT2D eigenvalue weighted by molar-refractivity contribution is 0.669. The first-order valence-electron chi connectivity index (χ1n) is 22.0. The van der Waals surface area contributed by atoms with Gasteiger partial charge in [-0.25, -0.2) is 0 Å². The summed E-state index contributed by atoms with van der Waals surface area (Å²) in [6.07, 6.45) is 1.90. The molecule has 0 N–H and O–H groups in total. The average molecular weight is 813 g/mol. The van der Waals surface area contributed by atoms with Gasteiger partial charge in [0.25, 0.3) is 0 Å². The highest BCUT2D eigenvalue weighted by Gasteiger charge is 2.52. The largest absolute Gasteiger partial charge is 0.456 e. The summed E-state index contributed by atoms with van der Waals surface area (Å²) in [6.45, 7) is 0. The Bertz CT molecular complexity index is 4340. The molecule has 0 aliphatic heterocycles. The number of benzene rings is 10. The lowest BCUT2D eigenvalue weighted by Gasteiger charge is -2.31. The minimum atomic E-state index is -0.546. The summed E-state index contributed by atoms with van der Waals surface area (Å²) >= 11 is 0. The summed E-state index contributed by atoms with van der Waals surface area (Å²) in [5, 5.41) is 10.6. The maximum Gasteiger partial charge on any atom is 0.136 e. The highest BCUT2D eigenvalue weighted by molar-refractivity contribution is 6.33. The first kappa shape index (κ1) is 33.2. The summed E-state index contributed by atoms with van der Waals surface area (Å²) in [5.74, 6) is 0. The molecule has 14 aromatic rings. The van der Waals surface area contributed by atoms with Crippen molar-refractivity contribution < 1.29 is 8.83 Å². The topological polar surface area (TPSA) is 44.1 Å². The van der Waals surface area contributed by atoms with Gasteiger partial charge in [-0.2, -0.15) is 0 Å². The Morgan fingerprint density at radius 3 is 1.88 bits per heavy atom. The number of fused-ring (bicyclic) bond motifs is 19. The second-order valence-corrected chi connectivity index (χ2v) is 17.7. The smallest absolute Gasteiger partial charge is 0.136 e. The summed E-state index contributed by atoms with van der Waals surface area (Å²) < 4.78 is 15.3. The molecule has 0 unspecified atom stereocenters. The molecule has 4 heteroatoms. The number of pyridine rings is 1. The van der Waals surface area contributed by atoms with Gasteiger partial charge in [-0.1, -0.05) is 127 Å². The zero-order valence-electron chi connectivity index (χ0n) is 34.2. The van der Waals surface area contributed by atoms with Crippen molar-refractivity contribution in [2.45, 2.75) is 5.41 Å². The number of hydrogen-bond acceptors (Lipinski definition) is 3. The minimum absolute atomic E-state index is 0.546. The Morgan fingerprint density at radius 1 is 0.375 bits per heavy atom. The molecule has 4 aromatic heterocycles. The van der Waals surface area contributed by atoms with Crippen LogP contribution >= 0.6 is 0 Å². The van der Waals surface area contributed by atoms with E-state index in [9.17, 15) is 0 Å². The molecule has 1 spiro atoms. The molecular weight excluding hydrogens is 781 g/mol. The zero-order chi connectivity index (χ0) is 41.4. The van der Waals surface area contributed by atoms with Crippen molar-refractivity contribution in [3.05, 3.63) is 217 Å². The molecule has 0 saturated carbocycles. The molecule has 0 saturated heterocycles. The highest BCUT2D eigenvalue weighted by atomic mass is 16.3. The van der Waals surface area contributed by atoms with E-state index in [-0.39, 0.29) is 0 Å². The number of rotatable bonds is 2. The van der Waals surface area contributed by atoms with E-state index in [1.54, 1.807) is 0 Å². The van der Waals surface area contributed by atoms with Gasteiger partial charge < -0.3 is 13.4 Å². The summed E-state index contributed by atoms with van der Waals surface area (Å²) in [7, 11) is 0. The van der Waals surface area contributed by atoms with Crippen molar-refractivity contribution in [1.29, 1.82) is 0 Å². The lowest BCUT2D eigenvalue weighted by atomic mass is 9.70. The van der Waals surface area contributed by atoms with Crippen LogP contribution in [0.1, 0.15) is 22.3 Å². The van der Waals surface area contributed by atoms with Crippen LogP contribution in [0.2, 0.25) is 0 Å². The number of hydrogen-bond donors (Lipinski definition) is 0. The van der Waals surface area contributed by atoms with Crippen LogP contribution < -0.4 is 0 Å². The third kappa shape index (κ3) is 3.86. The van der Waals surface area contributed by atoms with Gasteiger partial charge >= 0.3 is 0 Å². The normalized spacial score (nSPS) is 13.8. The van der Waals surface area contributed by atoms with Crippen LogP contribution in [-0.2, 0) is 5.41 Å².